The van der Waals surface area contributed by atoms with E-state index in [1.54, 1.807) is 0 Å². The summed E-state index contributed by atoms with van der Waals surface area (Å²) in [5, 5.41) is 28.5. The van der Waals surface area contributed by atoms with Crippen LogP contribution in [0.1, 0.15) is 5.56 Å². The van der Waals surface area contributed by atoms with E-state index < -0.39 is 36.2 Å². The number of aliphatic hydroxyl groups is 3. The van der Waals surface area contributed by atoms with Gasteiger partial charge in [0.25, 0.3) is 5.56 Å². The van der Waals surface area contributed by atoms with E-state index in [2.05, 4.69) is 4.98 Å². The molecule has 1 aromatic heterocycles. The van der Waals surface area contributed by atoms with E-state index in [0.717, 1.165) is 4.57 Å². The van der Waals surface area contributed by atoms with Gasteiger partial charge in [-0.2, -0.15) is 0 Å². The number of nitrogens with zero attached hydrogens (tertiary/aromatic N) is 1. The minimum absolute atomic E-state index is 0.225. The van der Waals surface area contributed by atoms with Gasteiger partial charge in [-0.15, -0.1) is 0 Å². The molecule has 1 aromatic rings. The summed E-state index contributed by atoms with van der Waals surface area (Å²) in [6.45, 7) is 0.828. The molecule has 0 aliphatic rings. The van der Waals surface area contributed by atoms with Gasteiger partial charge in [-0.05, 0) is 6.92 Å². The molecule has 1 heterocycles. The molecule has 0 saturated heterocycles. The van der Waals surface area contributed by atoms with E-state index in [1.165, 1.54) is 20.2 Å². The molecule has 3 atom stereocenters. The fraction of sp³-hybridized carbons (Fsp3) is 0.636. The zero-order valence-corrected chi connectivity index (χ0v) is 10.7. The van der Waals surface area contributed by atoms with E-state index in [1.807, 2.05) is 0 Å². The van der Waals surface area contributed by atoms with Crippen molar-refractivity contribution in [2.45, 2.75) is 31.8 Å². The van der Waals surface area contributed by atoms with Crippen LogP contribution in [-0.4, -0.2) is 56.9 Å². The molecule has 2 unspecified atom stereocenters. The van der Waals surface area contributed by atoms with Crippen molar-refractivity contribution in [3.8, 4) is 0 Å². The third-order valence-corrected chi connectivity index (χ3v) is 2.83. The number of methoxy groups -OCH3 is 1. The second-order valence-corrected chi connectivity index (χ2v) is 4.24. The molecule has 19 heavy (non-hydrogen) atoms. The summed E-state index contributed by atoms with van der Waals surface area (Å²) >= 11 is 0. The first-order valence-corrected chi connectivity index (χ1v) is 5.70. The average molecular weight is 274 g/mol. The Morgan fingerprint density at radius 1 is 1.42 bits per heavy atom. The maximum absolute atomic E-state index is 11.5. The minimum atomic E-state index is -1.35. The third kappa shape index (κ3) is 3.74. The number of aromatic nitrogens is 2. The Morgan fingerprint density at radius 3 is 2.58 bits per heavy atom. The normalized spacial score (nSPS) is 16.1. The number of aliphatic hydroxyl groups excluding tert-OH is 3. The van der Waals surface area contributed by atoms with Gasteiger partial charge in [0, 0.05) is 18.9 Å². The topological polar surface area (TPSA) is 125 Å². The zero-order chi connectivity index (χ0) is 14.6. The third-order valence-electron chi connectivity index (χ3n) is 2.83. The van der Waals surface area contributed by atoms with Crippen LogP contribution in [0.15, 0.2) is 15.8 Å². The highest BCUT2D eigenvalue weighted by Crippen LogP contribution is 2.05. The highest BCUT2D eigenvalue weighted by molar-refractivity contribution is 5.01. The van der Waals surface area contributed by atoms with Gasteiger partial charge >= 0.3 is 5.69 Å². The summed E-state index contributed by atoms with van der Waals surface area (Å²) in [5.74, 6) is 0. The highest BCUT2D eigenvalue weighted by atomic mass is 16.5. The monoisotopic (exact) mass is 274 g/mol. The molecule has 0 aliphatic heterocycles. The molecule has 0 bridgehead atoms. The second kappa shape index (κ2) is 6.62. The van der Waals surface area contributed by atoms with Gasteiger partial charge in [0.2, 0.25) is 0 Å². The van der Waals surface area contributed by atoms with Crippen LogP contribution in [0.25, 0.3) is 0 Å². The van der Waals surface area contributed by atoms with Crippen molar-refractivity contribution in [3.05, 3.63) is 32.6 Å². The fourth-order valence-corrected chi connectivity index (χ4v) is 1.63. The Labute approximate surface area is 108 Å². The van der Waals surface area contributed by atoms with E-state index in [9.17, 15) is 19.8 Å². The second-order valence-electron chi connectivity index (χ2n) is 4.24. The van der Waals surface area contributed by atoms with Gasteiger partial charge in [0.15, 0.2) is 0 Å². The summed E-state index contributed by atoms with van der Waals surface area (Å²) in [4.78, 5) is 24.8. The summed E-state index contributed by atoms with van der Waals surface area (Å²) in [7, 11) is 1.28. The Bertz CT molecular complexity index is 519. The van der Waals surface area contributed by atoms with Crippen LogP contribution < -0.4 is 11.2 Å². The molecule has 0 aromatic carbocycles. The minimum Gasteiger partial charge on any atom is -0.394 e. The first-order valence-electron chi connectivity index (χ1n) is 5.70. The smallest absolute Gasteiger partial charge is 0.328 e. The number of nitrogens with one attached hydrogen (secondary N) is 1. The molecule has 0 amide bonds. The molecule has 8 heteroatoms. The summed E-state index contributed by atoms with van der Waals surface area (Å²) in [5.41, 5.74) is -0.868. The summed E-state index contributed by atoms with van der Waals surface area (Å²) < 4.78 is 5.87. The lowest BCUT2D eigenvalue weighted by Crippen LogP contribution is -2.44. The van der Waals surface area contributed by atoms with E-state index >= 15 is 0 Å². The van der Waals surface area contributed by atoms with Crippen LogP contribution >= 0.6 is 0 Å². The van der Waals surface area contributed by atoms with Gasteiger partial charge < -0.3 is 20.1 Å². The molecule has 8 nitrogen and oxygen atoms in total. The van der Waals surface area contributed by atoms with Gasteiger partial charge in [0.05, 0.1) is 13.2 Å². The lowest BCUT2D eigenvalue weighted by Gasteiger charge is -2.24. The number of hydrogen-bond donors (Lipinski definition) is 4. The fourth-order valence-electron chi connectivity index (χ4n) is 1.63. The zero-order valence-electron chi connectivity index (χ0n) is 10.7. The predicted octanol–water partition coefficient (Wildman–Crippen LogP) is -2.43. The largest absolute Gasteiger partial charge is 0.394 e. The summed E-state index contributed by atoms with van der Waals surface area (Å²) in [6, 6.07) is 0. The maximum atomic E-state index is 11.5. The van der Waals surface area contributed by atoms with E-state index in [-0.39, 0.29) is 6.54 Å². The quantitative estimate of drug-likeness (QED) is 0.457. The Morgan fingerprint density at radius 2 is 2.05 bits per heavy atom. The van der Waals surface area contributed by atoms with Gasteiger partial charge in [-0.25, -0.2) is 4.79 Å². The maximum Gasteiger partial charge on any atom is 0.328 e. The standard InChI is InChI=1S/C11H18N2O6/c1-6-3-13(11(18)12-10(6)17)4-7(15)9(16)8(5-14)19-2/h3,7-9,14-16H,4-5H2,1-2H3,(H,12,17,18)/t7?,8-,9?/m1/s1. The molecule has 4 N–H and O–H groups in total. The van der Waals surface area contributed by atoms with E-state index in [4.69, 9.17) is 9.84 Å². The van der Waals surface area contributed by atoms with Gasteiger partial charge in [0.1, 0.15) is 18.3 Å². The van der Waals surface area contributed by atoms with Gasteiger partial charge in [-0.3, -0.25) is 14.3 Å². The Kier molecular flexibility index (Phi) is 5.43. The molecule has 0 spiro atoms. The molecule has 0 aliphatic carbocycles. The van der Waals surface area contributed by atoms with Crippen molar-refractivity contribution in [2.24, 2.45) is 0 Å². The molecule has 0 saturated carbocycles. The Hall–Kier alpha value is -1.48. The number of ether oxygens (including phenoxy) is 1. The predicted molar refractivity (Wildman–Crippen MR) is 66.0 cm³/mol. The SMILES string of the molecule is CO[C@H](CO)C(O)C(O)Cn1cc(C)c(=O)[nH]c1=O. The first kappa shape index (κ1) is 15.6. The molecule has 0 radical (unpaired) electrons. The number of aryl methyl sites for hydroxylation is 1. The van der Waals surface area contributed by atoms with Crippen LogP contribution in [0.4, 0.5) is 0 Å². The number of H-pyrrole nitrogens is 1. The van der Waals surface area contributed by atoms with Crippen molar-refractivity contribution >= 4 is 0 Å². The summed E-state index contributed by atoms with van der Waals surface area (Å²) in [6.07, 6.45) is -2.33. The molecule has 0 fully saturated rings. The molecular formula is C11H18N2O6. The average Bonchev–Trinajstić information content (AvgIpc) is 2.37. The lowest BCUT2D eigenvalue weighted by atomic mass is 10.1. The number of rotatable bonds is 6. The lowest BCUT2D eigenvalue weighted by molar-refractivity contribution is -0.0964. The van der Waals surface area contributed by atoms with Crippen molar-refractivity contribution < 1.29 is 20.1 Å². The molecular weight excluding hydrogens is 256 g/mol. The van der Waals surface area contributed by atoms with Crippen LogP contribution in [0, 0.1) is 6.92 Å². The van der Waals surface area contributed by atoms with E-state index in [0.29, 0.717) is 5.56 Å². The highest BCUT2D eigenvalue weighted by Gasteiger charge is 2.26. The van der Waals surface area contributed by atoms with Crippen LogP contribution in [-0.2, 0) is 11.3 Å². The van der Waals surface area contributed by atoms with Crippen LogP contribution in [0.5, 0.6) is 0 Å². The number of hydrogen-bond acceptors (Lipinski definition) is 6. The van der Waals surface area contributed by atoms with Crippen LogP contribution in [0.2, 0.25) is 0 Å². The number of aromatic amines is 1. The Balaban J connectivity index is 2.88. The van der Waals surface area contributed by atoms with Crippen molar-refractivity contribution in [3.63, 3.8) is 0 Å². The molecule has 108 valence electrons. The first-order chi connectivity index (χ1) is 8.90. The van der Waals surface area contributed by atoms with Crippen molar-refractivity contribution in [1.29, 1.82) is 0 Å². The van der Waals surface area contributed by atoms with Crippen molar-refractivity contribution in [2.75, 3.05) is 13.7 Å². The van der Waals surface area contributed by atoms with Gasteiger partial charge in [-0.1, -0.05) is 0 Å². The molecule has 1 rings (SSSR count). The van der Waals surface area contributed by atoms with Crippen LogP contribution in [0.3, 0.4) is 0 Å². The van der Waals surface area contributed by atoms with Crippen molar-refractivity contribution in [1.82, 2.24) is 9.55 Å².